The highest BCUT2D eigenvalue weighted by molar-refractivity contribution is 5.59. The van der Waals surface area contributed by atoms with Gasteiger partial charge in [0, 0.05) is 18.7 Å². The summed E-state index contributed by atoms with van der Waals surface area (Å²) >= 11 is 0. The van der Waals surface area contributed by atoms with Crippen molar-refractivity contribution in [3.63, 3.8) is 0 Å². The largest absolute Gasteiger partial charge is 0.303 e. The molecule has 1 aliphatic heterocycles. The Balaban J connectivity index is 1.43. The van der Waals surface area contributed by atoms with Gasteiger partial charge in [0.05, 0.1) is 6.20 Å². The van der Waals surface area contributed by atoms with E-state index in [1.54, 1.807) is 18.3 Å². The Hall–Kier alpha value is -2.53. The van der Waals surface area contributed by atoms with E-state index in [4.69, 9.17) is 0 Å². The Morgan fingerprint density at radius 3 is 2.75 bits per heavy atom. The van der Waals surface area contributed by atoms with Crippen LogP contribution in [0.4, 0.5) is 4.39 Å². The monoisotopic (exact) mass is 378 g/mol. The number of halogens is 1. The zero-order chi connectivity index (χ0) is 19.6. The Morgan fingerprint density at radius 1 is 1.21 bits per heavy atom. The van der Waals surface area contributed by atoms with Crippen molar-refractivity contribution >= 4 is 0 Å². The van der Waals surface area contributed by atoms with E-state index in [1.165, 1.54) is 11.1 Å². The van der Waals surface area contributed by atoms with Crippen LogP contribution in [-0.4, -0.2) is 39.9 Å². The molecule has 2 unspecified atom stereocenters. The van der Waals surface area contributed by atoms with Gasteiger partial charge < -0.3 is 4.90 Å². The van der Waals surface area contributed by atoms with Crippen molar-refractivity contribution in [3.05, 3.63) is 71.7 Å². The molecule has 1 fully saturated rings. The van der Waals surface area contributed by atoms with Crippen molar-refractivity contribution in [2.45, 2.75) is 32.1 Å². The van der Waals surface area contributed by atoms with Gasteiger partial charge in [0.15, 0.2) is 0 Å². The number of likely N-dealkylation sites (tertiary alicyclic amines) is 1. The number of H-pyrrole nitrogens is 1. The van der Waals surface area contributed by atoms with Crippen molar-refractivity contribution < 1.29 is 4.39 Å². The highest BCUT2D eigenvalue weighted by Gasteiger charge is 2.37. The van der Waals surface area contributed by atoms with Crippen molar-refractivity contribution in [3.8, 4) is 11.3 Å². The molecular formula is C23H27FN4. The number of hydrogen-bond donors (Lipinski definition) is 1. The summed E-state index contributed by atoms with van der Waals surface area (Å²) in [6.45, 7) is 7.91. The van der Waals surface area contributed by atoms with Gasteiger partial charge in [-0.1, -0.05) is 44.2 Å². The number of nitrogens with zero attached hydrogens (tertiary/aromatic N) is 3. The summed E-state index contributed by atoms with van der Waals surface area (Å²) in [6.07, 6.45) is 3.86. The fraction of sp³-hybridized carbons (Fsp3) is 0.391. The summed E-state index contributed by atoms with van der Waals surface area (Å²) in [4.78, 5) is 2.54. The molecule has 1 saturated heterocycles. The molecule has 0 aliphatic carbocycles. The molecule has 2 atom stereocenters. The summed E-state index contributed by atoms with van der Waals surface area (Å²) in [5.41, 5.74) is 4.71. The molecule has 1 aromatic heterocycles. The molecule has 0 radical (unpaired) electrons. The number of rotatable bonds is 5. The minimum atomic E-state index is -0.168. The minimum Gasteiger partial charge on any atom is -0.303 e. The topological polar surface area (TPSA) is 44.8 Å². The van der Waals surface area contributed by atoms with E-state index in [1.807, 2.05) is 12.1 Å². The smallest absolute Gasteiger partial charge is 0.123 e. The fourth-order valence-electron chi connectivity index (χ4n) is 4.26. The number of aromatic nitrogens is 3. The molecule has 3 aromatic rings. The third-order valence-electron chi connectivity index (χ3n) is 6.43. The Morgan fingerprint density at radius 2 is 2.04 bits per heavy atom. The number of aromatic amines is 1. The van der Waals surface area contributed by atoms with Crippen molar-refractivity contribution in [2.24, 2.45) is 5.92 Å². The normalized spacial score (nSPS) is 23.0. The average Bonchev–Trinajstić information content (AvgIpc) is 3.25. The van der Waals surface area contributed by atoms with Crippen LogP contribution in [0, 0.1) is 11.7 Å². The average molecular weight is 378 g/mol. The van der Waals surface area contributed by atoms with E-state index < -0.39 is 0 Å². The zero-order valence-corrected chi connectivity index (χ0v) is 16.5. The van der Waals surface area contributed by atoms with Crippen LogP contribution < -0.4 is 0 Å². The molecule has 2 aromatic carbocycles. The van der Waals surface area contributed by atoms with E-state index in [0.717, 1.165) is 43.7 Å². The molecule has 0 saturated carbocycles. The quantitative estimate of drug-likeness (QED) is 0.713. The Kier molecular flexibility index (Phi) is 5.27. The molecular weight excluding hydrogens is 351 g/mol. The summed E-state index contributed by atoms with van der Waals surface area (Å²) in [6, 6.07) is 15.6. The van der Waals surface area contributed by atoms with Crippen LogP contribution in [0.15, 0.2) is 54.7 Å². The molecule has 1 N–H and O–H groups in total. The fourth-order valence-corrected chi connectivity index (χ4v) is 4.26. The van der Waals surface area contributed by atoms with Crippen LogP contribution in [0.1, 0.15) is 31.4 Å². The first-order valence-corrected chi connectivity index (χ1v) is 9.98. The summed E-state index contributed by atoms with van der Waals surface area (Å²) in [7, 11) is 0. The van der Waals surface area contributed by atoms with E-state index in [0.29, 0.717) is 5.92 Å². The molecule has 5 heteroatoms. The molecule has 1 aliphatic rings. The summed E-state index contributed by atoms with van der Waals surface area (Å²) in [5, 5.41) is 10.8. The molecule has 0 spiro atoms. The van der Waals surface area contributed by atoms with Gasteiger partial charge in [-0.2, -0.15) is 15.4 Å². The van der Waals surface area contributed by atoms with Crippen molar-refractivity contribution in [2.75, 3.05) is 19.6 Å². The Bertz CT molecular complexity index is 907. The lowest BCUT2D eigenvalue weighted by molar-refractivity contribution is 0.112. The maximum absolute atomic E-state index is 13.1. The standard InChI is InChI=1S/C23H27FN4/c1-17-16-28(12-10-18-6-8-21(24)9-7-18)13-11-23(17,2)20-5-3-4-19(14-20)22-15-25-27-26-22/h3-9,14-15,17H,10-13,16H2,1-2H3,(H,25,26,27). The lowest BCUT2D eigenvalue weighted by atomic mass is 9.67. The molecule has 28 heavy (non-hydrogen) atoms. The maximum atomic E-state index is 13.1. The summed E-state index contributed by atoms with van der Waals surface area (Å²) in [5.74, 6) is 0.376. The first-order chi connectivity index (χ1) is 13.5. The van der Waals surface area contributed by atoms with E-state index in [2.05, 4.69) is 58.4 Å². The van der Waals surface area contributed by atoms with Crippen molar-refractivity contribution in [1.82, 2.24) is 20.3 Å². The molecule has 2 heterocycles. The first kappa shape index (κ1) is 18.8. The van der Waals surface area contributed by atoms with Gasteiger partial charge in [0.25, 0.3) is 0 Å². The predicted octanol–water partition coefficient (Wildman–Crippen LogP) is 4.45. The van der Waals surface area contributed by atoms with Crippen LogP contribution >= 0.6 is 0 Å². The highest BCUT2D eigenvalue weighted by atomic mass is 19.1. The molecule has 0 bridgehead atoms. The third-order valence-corrected chi connectivity index (χ3v) is 6.43. The van der Waals surface area contributed by atoms with E-state index >= 15 is 0 Å². The molecule has 0 amide bonds. The second kappa shape index (κ2) is 7.84. The van der Waals surface area contributed by atoms with Gasteiger partial charge in [0.2, 0.25) is 0 Å². The molecule has 146 valence electrons. The minimum absolute atomic E-state index is 0.145. The number of nitrogens with one attached hydrogen (secondary N) is 1. The van der Waals surface area contributed by atoms with Gasteiger partial charge in [-0.05, 0) is 60.0 Å². The van der Waals surface area contributed by atoms with E-state index in [9.17, 15) is 4.39 Å². The second-order valence-corrected chi connectivity index (χ2v) is 8.18. The van der Waals surface area contributed by atoms with Gasteiger partial charge in [-0.25, -0.2) is 4.39 Å². The first-order valence-electron chi connectivity index (χ1n) is 9.98. The summed E-state index contributed by atoms with van der Waals surface area (Å²) < 4.78 is 13.1. The molecule has 4 nitrogen and oxygen atoms in total. The lowest BCUT2D eigenvalue weighted by Gasteiger charge is -2.45. The van der Waals surface area contributed by atoms with Gasteiger partial charge in [-0.3, -0.25) is 0 Å². The highest BCUT2D eigenvalue weighted by Crippen LogP contribution is 2.40. The lowest BCUT2D eigenvalue weighted by Crippen LogP contribution is -2.47. The SMILES string of the molecule is CC1CN(CCc2ccc(F)cc2)CCC1(C)c1cccc(-c2cn[nH]n2)c1. The third kappa shape index (κ3) is 3.85. The van der Waals surface area contributed by atoms with Crippen LogP contribution in [-0.2, 0) is 11.8 Å². The number of hydrogen-bond acceptors (Lipinski definition) is 3. The van der Waals surface area contributed by atoms with Crippen molar-refractivity contribution in [1.29, 1.82) is 0 Å². The predicted molar refractivity (Wildman–Crippen MR) is 109 cm³/mol. The van der Waals surface area contributed by atoms with Gasteiger partial charge >= 0.3 is 0 Å². The second-order valence-electron chi connectivity index (χ2n) is 8.18. The van der Waals surface area contributed by atoms with Crippen LogP contribution in [0.3, 0.4) is 0 Å². The maximum Gasteiger partial charge on any atom is 0.123 e. The molecule has 4 rings (SSSR count). The van der Waals surface area contributed by atoms with Crippen LogP contribution in [0.25, 0.3) is 11.3 Å². The zero-order valence-electron chi connectivity index (χ0n) is 16.5. The number of piperidine rings is 1. The van der Waals surface area contributed by atoms with Gasteiger partial charge in [-0.15, -0.1) is 0 Å². The van der Waals surface area contributed by atoms with Crippen LogP contribution in [0.2, 0.25) is 0 Å². The van der Waals surface area contributed by atoms with Crippen LogP contribution in [0.5, 0.6) is 0 Å². The Labute approximate surface area is 165 Å². The van der Waals surface area contributed by atoms with Gasteiger partial charge in [0.1, 0.15) is 11.5 Å². The number of benzene rings is 2. The van der Waals surface area contributed by atoms with E-state index in [-0.39, 0.29) is 11.2 Å².